The molecule has 38 heavy (non-hydrogen) atoms. The molecule has 4 rings (SSSR count). The number of aromatic nitrogens is 1. The largest absolute Gasteiger partial charge is 0.547 e. The summed E-state index contributed by atoms with van der Waals surface area (Å²) in [5.41, 5.74) is 0.894. The first-order valence-corrected chi connectivity index (χ1v) is 12.1. The number of aromatic hydroxyl groups is 1. The molecule has 1 fully saturated rings. The van der Waals surface area contributed by atoms with Crippen LogP contribution in [0.2, 0.25) is 0 Å². The number of carbonyl (C=O) groups is 4. The Morgan fingerprint density at radius 3 is 2.71 bits per heavy atom. The van der Waals surface area contributed by atoms with Gasteiger partial charge in [-0.2, -0.15) is 0 Å². The predicted octanol–water partition coefficient (Wildman–Crippen LogP) is -0.152. The average molecular weight is 525 g/mol. The fourth-order valence-electron chi connectivity index (χ4n) is 4.52. The lowest BCUT2D eigenvalue weighted by Crippen LogP contribution is -2.58. The summed E-state index contributed by atoms with van der Waals surface area (Å²) in [6.45, 7) is 4.88. The van der Waals surface area contributed by atoms with E-state index in [9.17, 15) is 34.4 Å². The number of aromatic carboxylic acids is 1. The van der Waals surface area contributed by atoms with Gasteiger partial charge in [0.05, 0.1) is 29.9 Å². The molecule has 13 nitrogen and oxygen atoms in total. The summed E-state index contributed by atoms with van der Waals surface area (Å²) in [4.78, 5) is 57.6. The van der Waals surface area contributed by atoms with Gasteiger partial charge in [0, 0.05) is 13.1 Å². The van der Waals surface area contributed by atoms with Gasteiger partial charge in [-0.25, -0.2) is 9.59 Å². The minimum absolute atomic E-state index is 0.0173. The summed E-state index contributed by atoms with van der Waals surface area (Å²) >= 11 is 0. The normalized spacial score (nSPS) is 18.3. The first-order chi connectivity index (χ1) is 18.1. The standard InChI is InChI=1S/C24H28BN5O8/c1-3-29-7-8-30(18(32)12-29)24(36)28-20(19-13(2)9-15(31)11-26-19)22(33)27-17-10-14-5-4-6-16(23(34)35)21(14)38-25(17)37/h4-6,9,11,17,20,31,37H,3,7-8,10,12H2,1-2H3,(H,27,33)(H,28,36)(H,34,35)/t17-,20?/m0/s1. The molecule has 14 heteroatoms. The SMILES string of the molecule is CCN1CCN(C(=O)NC(C(=O)N[C@H]2Cc3cccc(C(=O)O)c3OB2O)c2ncc(O)cc2C)C(=O)C1. The van der Waals surface area contributed by atoms with Crippen LogP contribution >= 0.6 is 0 Å². The number of rotatable bonds is 6. The van der Waals surface area contributed by atoms with Crippen LogP contribution in [0.3, 0.4) is 0 Å². The third-order valence-electron chi connectivity index (χ3n) is 6.58. The van der Waals surface area contributed by atoms with Crippen LogP contribution in [0, 0.1) is 6.92 Å². The summed E-state index contributed by atoms with van der Waals surface area (Å²) in [6.07, 6.45) is 1.19. The zero-order chi connectivity index (χ0) is 27.6. The molecule has 1 saturated heterocycles. The topological polar surface area (TPSA) is 182 Å². The number of amides is 4. The molecule has 2 aromatic rings. The van der Waals surface area contributed by atoms with E-state index >= 15 is 0 Å². The third-order valence-corrected chi connectivity index (χ3v) is 6.58. The van der Waals surface area contributed by atoms with Gasteiger partial charge < -0.3 is 30.5 Å². The third kappa shape index (κ3) is 5.55. The van der Waals surface area contributed by atoms with Crippen molar-refractivity contribution in [1.29, 1.82) is 0 Å². The lowest BCUT2D eigenvalue weighted by atomic mass is 9.72. The number of nitrogens with zero attached hydrogens (tertiary/aromatic N) is 3. The van der Waals surface area contributed by atoms with Crippen LogP contribution < -0.4 is 15.3 Å². The molecule has 4 amide bonds. The van der Waals surface area contributed by atoms with E-state index in [1.165, 1.54) is 18.2 Å². The number of urea groups is 1. The Hall–Kier alpha value is -4.17. The second kappa shape index (κ2) is 11.1. The summed E-state index contributed by atoms with van der Waals surface area (Å²) in [5, 5.41) is 34.9. The van der Waals surface area contributed by atoms with Crippen LogP contribution in [0.25, 0.3) is 0 Å². The van der Waals surface area contributed by atoms with Crippen molar-refractivity contribution in [2.24, 2.45) is 0 Å². The lowest BCUT2D eigenvalue weighted by molar-refractivity contribution is -0.133. The highest BCUT2D eigenvalue weighted by atomic mass is 16.5. The second-order valence-corrected chi connectivity index (χ2v) is 9.12. The Labute approximate surface area is 218 Å². The molecule has 2 aliphatic rings. The zero-order valence-electron chi connectivity index (χ0n) is 20.9. The number of piperazine rings is 1. The van der Waals surface area contributed by atoms with E-state index in [0.29, 0.717) is 24.2 Å². The summed E-state index contributed by atoms with van der Waals surface area (Å²) in [7, 11) is -1.57. The molecule has 0 spiro atoms. The summed E-state index contributed by atoms with van der Waals surface area (Å²) < 4.78 is 5.44. The lowest BCUT2D eigenvalue weighted by Gasteiger charge is -2.33. The highest BCUT2D eigenvalue weighted by Crippen LogP contribution is 2.30. The summed E-state index contributed by atoms with van der Waals surface area (Å²) in [5.74, 6) is -3.47. The summed E-state index contributed by atoms with van der Waals surface area (Å²) in [6, 6.07) is 3.72. The van der Waals surface area contributed by atoms with E-state index in [0.717, 1.165) is 11.1 Å². The molecule has 2 aliphatic heterocycles. The van der Waals surface area contributed by atoms with Gasteiger partial charge >= 0.3 is 19.1 Å². The van der Waals surface area contributed by atoms with Crippen molar-refractivity contribution in [1.82, 2.24) is 25.4 Å². The molecule has 1 aromatic carbocycles. The van der Waals surface area contributed by atoms with Crippen molar-refractivity contribution < 1.29 is 39.1 Å². The van der Waals surface area contributed by atoms with Gasteiger partial charge in [0.15, 0.2) is 6.04 Å². The van der Waals surface area contributed by atoms with Crippen LogP contribution in [0.15, 0.2) is 30.5 Å². The Morgan fingerprint density at radius 1 is 1.29 bits per heavy atom. The van der Waals surface area contributed by atoms with Crippen molar-refractivity contribution in [3.05, 3.63) is 52.8 Å². The molecule has 5 N–H and O–H groups in total. The van der Waals surface area contributed by atoms with Gasteiger partial charge in [0.2, 0.25) is 11.8 Å². The molecule has 1 unspecified atom stereocenters. The number of carboxylic acid groups (broad SMARTS) is 1. The minimum Gasteiger partial charge on any atom is -0.534 e. The number of carbonyl (C=O) groups excluding carboxylic acids is 3. The second-order valence-electron chi connectivity index (χ2n) is 9.12. The molecular formula is C24H28BN5O8. The highest BCUT2D eigenvalue weighted by molar-refractivity contribution is 6.47. The molecule has 0 saturated carbocycles. The van der Waals surface area contributed by atoms with Crippen molar-refractivity contribution in [3.8, 4) is 11.5 Å². The Bertz CT molecular complexity index is 1270. The number of hydrogen-bond acceptors (Lipinski definition) is 9. The van der Waals surface area contributed by atoms with E-state index in [4.69, 9.17) is 4.65 Å². The number of para-hydroxylation sites is 1. The van der Waals surface area contributed by atoms with Crippen LogP contribution in [-0.2, 0) is 16.0 Å². The monoisotopic (exact) mass is 525 g/mol. The first-order valence-electron chi connectivity index (χ1n) is 12.1. The maximum atomic E-state index is 13.5. The quantitative estimate of drug-likeness (QED) is 0.318. The number of likely N-dealkylation sites (N-methyl/N-ethyl adjacent to an activating group) is 1. The van der Waals surface area contributed by atoms with Crippen LogP contribution in [0.5, 0.6) is 11.5 Å². The van der Waals surface area contributed by atoms with Crippen molar-refractivity contribution in [2.45, 2.75) is 32.3 Å². The van der Waals surface area contributed by atoms with Gasteiger partial charge in [0.25, 0.3) is 0 Å². The first kappa shape index (κ1) is 26.9. The van der Waals surface area contributed by atoms with Crippen molar-refractivity contribution in [3.63, 3.8) is 0 Å². The van der Waals surface area contributed by atoms with E-state index in [1.54, 1.807) is 13.0 Å². The number of benzene rings is 1. The van der Waals surface area contributed by atoms with Crippen molar-refractivity contribution in [2.75, 3.05) is 26.2 Å². The Morgan fingerprint density at radius 2 is 2.05 bits per heavy atom. The number of imide groups is 1. The number of carboxylic acids is 1. The number of pyridine rings is 1. The predicted molar refractivity (Wildman–Crippen MR) is 133 cm³/mol. The van der Waals surface area contributed by atoms with Crippen LogP contribution in [0.1, 0.15) is 40.1 Å². The van der Waals surface area contributed by atoms with Gasteiger partial charge in [-0.05, 0) is 43.1 Å². The smallest absolute Gasteiger partial charge is 0.534 e. The molecule has 0 bridgehead atoms. The van der Waals surface area contributed by atoms with Crippen LogP contribution in [-0.4, -0.2) is 93.1 Å². The molecule has 0 aliphatic carbocycles. The number of fused-ring (bicyclic) bond motifs is 1. The van der Waals surface area contributed by atoms with E-state index in [2.05, 4.69) is 15.6 Å². The van der Waals surface area contributed by atoms with E-state index < -0.39 is 42.9 Å². The Balaban J connectivity index is 1.56. The van der Waals surface area contributed by atoms with E-state index in [-0.39, 0.29) is 42.3 Å². The van der Waals surface area contributed by atoms with Gasteiger partial charge in [-0.3, -0.25) is 24.4 Å². The van der Waals surface area contributed by atoms with Crippen LogP contribution in [0.4, 0.5) is 4.79 Å². The van der Waals surface area contributed by atoms with E-state index in [1.807, 2.05) is 11.8 Å². The van der Waals surface area contributed by atoms with Gasteiger partial charge in [0.1, 0.15) is 11.5 Å². The number of aryl methyl sites for hydroxylation is 1. The Kier molecular flexibility index (Phi) is 7.83. The highest BCUT2D eigenvalue weighted by Gasteiger charge is 2.40. The molecular weight excluding hydrogens is 497 g/mol. The maximum Gasteiger partial charge on any atom is 0.547 e. The fraction of sp³-hybridized carbons (Fsp3) is 0.375. The molecule has 3 heterocycles. The molecule has 2 atom stereocenters. The molecule has 1 aromatic heterocycles. The number of nitrogens with one attached hydrogen (secondary N) is 2. The maximum absolute atomic E-state index is 13.5. The minimum atomic E-state index is -1.57. The molecule has 200 valence electrons. The van der Waals surface area contributed by atoms with Gasteiger partial charge in [-0.15, -0.1) is 0 Å². The zero-order valence-corrected chi connectivity index (χ0v) is 20.9. The average Bonchev–Trinajstić information content (AvgIpc) is 2.87. The van der Waals surface area contributed by atoms with Gasteiger partial charge in [-0.1, -0.05) is 19.1 Å². The molecule has 0 radical (unpaired) electrons. The number of hydrogen-bond donors (Lipinski definition) is 5. The van der Waals surface area contributed by atoms with Crippen molar-refractivity contribution >= 4 is 30.9 Å². The fourth-order valence-corrected chi connectivity index (χ4v) is 4.52.